The molecule has 19 heavy (non-hydrogen) atoms. The fourth-order valence-corrected chi connectivity index (χ4v) is 2.76. The zero-order valence-electron chi connectivity index (χ0n) is 11.7. The predicted octanol–water partition coefficient (Wildman–Crippen LogP) is 2.21. The number of imidazole rings is 1. The molecule has 1 atom stereocenters. The van der Waals surface area contributed by atoms with Gasteiger partial charge in [0.25, 0.3) is 0 Å². The first kappa shape index (κ1) is 12.5. The van der Waals surface area contributed by atoms with Gasteiger partial charge in [-0.3, -0.25) is 0 Å². The number of nitrogens with two attached hydrogens (primary N) is 1. The lowest BCUT2D eigenvalue weighted by molar-refractivity contribution is 0.399. The molecule has 0 amide bonds. The monoisotopic (exact) mass is 258 g/mol. The van der Waals surface area contributed by atoms with E-state index in [9.17, 15) is 0 Å². The Morgan fingerprint density at radius 3 is 2.89 bits per heavy atom. The Bertz CT molecular complexity index is 569. The van der Waals surface area contributed by atoms with Crippen molar-refractivity contribution in [2.75, 3.05) is 11.9 Å². The van der Waals surface area contributed by atoms with Gasteiger partial charge in [0.05, 0.1) is 5.69 Å². The highest BCUT2D eigenvalue weighted by molar-refractivity contribution is 5.56. The Labute approximate surface area is 114 Å². The van der Waals surface area contributed by atoms with Gasteiger partial charge < -0.3 is 15.0 Å². The first-order chi connectivity index (χ1) is 9.16. The summed E-state index contributed by atoms with van der Waals surface area (Å²) >= 11 is 0. The summed E-state index contributed by atoms with van der Waals surface area (Å²) in [5.74, 6) is 1.10. The van der Waals surface area contributed by atoms with Gasteiger partial charge in [-0.25, -0.2) is 4.98 Å². The smallest absolute Gasteiger partial charge is 0.151 e. The standard InChI is InChI=1S/C15H22N4/c1-11(16)10-13-15(18(2)12-6-5-7-12)17-14-8-3-4-9-19(13)14/h3-4,8-9,11-12H,5-7,10,16H2,1-2H3. The third-order valence-electron chi connectivity index (χ3n) is 4.08. The Morgan fingerprint density at radius 2 is 2.26 bits per heavy atom. The second kappa shape index (κ2) is 4.85. The summed E-state index contributed by atoms with van der Waals surface area (Å²) in [5, 5.41) is 0. The average molecular weight is 258 g/mol. The molecule has 2 aromatic rings. The summed E-state index contributed by atoms with van der Waals surface area (Å²) in [5.41, 5.74) is 8.26. The van der Waals surface area contributed by atoms with E-state index in [0.29, 0.717) is 6.04 Å². The fraction of sp³-hybridized carbons (Fsp3) is 0.533. The zero-order valence-corrected chi connectivity index (χ0v) is 11.7. The van der Waals surface area contributed by atoms with Gasteiger partial charge in [0.15, 0.2) is 5.82 Å². The van der Waals surface area contributed by atoms with Crippen molar-refractivity contribution in [2.45, 2.75) is 44.7 Å². The molecule has 2 N–H and O–H groups in total. The van der Waals surface area contributed by atoms with Crippen LogP contribution < -0.4 is 10.6 Å². The Hall–Kier alpha value is -1.55. The number of rotatable bonds is 4. The van der Waals surface area contributed by atoms with Crippen molar-refractivity contribution in [1.29, 1.82) is 0 Å². The zero-order chi connectivity index (χ0) is 13.4. The first-order valence-electron chi connectivity index (χ1n) is 7.11. The normalized spacial score (nSPS) is 17.4. The predicted molar refractivity (Wildman–Crippen MR) is 78.6 cm³/mol. The van der Waals surface area contributed by atoms with E-state index in [1.807, 2.05) is 12.1 Å². The number of hydrogen-bond acceptors (Lipinski definition) is 3. The van der Waals surface area contributed by atoms with Crippen LogP contribution in [-0.2, 0) is 6.42 Å². The first-order valence-corrected chi connectivity index (χ1v) is 7.11. The largest absolute Gasteiger partial charge is 0.355 e. The van der Waals surface area contributed by atoms with Gasteiger partial charge in [0.1, 0.15) is 5.65 Å². The molecular weight excluding hydrogens is 236 g/mol. The van der Waals surface area contributed by atoms with Crippen LogP contribution >= 0.6 is 0 Å². The lowest BCUT2D eigenvalue weighted by Gasteiger charge is -2.35. The lowest BCUT2D eigenvalue weighted by Crippen LogP contribution is -2.38. The van der Waals surface area contributed by atoms with Crippen molar-refractivity contribution in [3.63, 3.8) is 0 Å². The molecule has 1 saturated carbocycles. The van der Waals surface area contributed by atoms with Crippen molar-refractivity contribution < 1.29 is 0 Å². The summed E-state index contributed by atoms with van der Waals surface area (Å²) < 4.78 is 2.17. The van der Waals surface area contributed by atoms with Crippen LogP contribution in [0.4, 0.5) is 5.82 Å². The number of hydrogen-bond donors (Lipinski definition) is 1. The van der Waals surface area contributed by atoms with Crippen LogP contribution in [0.1, 0.15) is 31.9 Å². The second-order valence-electron chi connectivity index (χ2n) is 5.69. The summed E-state index contributed by atoms with van der Waals surface area (Å²) in [6.45, 7) is 2.05. The summed E-state index contributed by atoms with van der Waals surface area (Å²) in [7, 11) is 2.16. The van der Waals surface area contributed by atoms with Crippen LogP contribution in [0.15, 0.2) is 24.4 Å². The van der Waals surface area contributed by atoms with Gasteiger partial charge >= 0.3 is 0 Å². The van der Waals surface area contributed by atoms with Gasteiger partial charge in [-0.15, -0.1) is 0 Å². The van der Waals surface area contributed by atoms with E-state index >= 15 is 0 Å². The molecule has 0 bridgehead atoms. The van der Waals surface area contributed by atoms with E-state index in [2.05, 4.69) is 35.5 Å². The van der Waals surface area contributed by atoms with Gasteiger partial charge in [-0.05, 0) is 38.3 Å². The van der Waals surface area contributed by atoms with Crippen molar-refractivity contribution in [2.24, 2.45) is 5.73 Å². The van der Waals surface area contributed by atoms with Gasteiger partial charge in [0.2, 0.25) is 0 Å². The highest BCUT2D eigenvalue weighted by atomic mass is 15.2. The molecule has 0 aliphatic heterocycles. The number of anilines is 1. The molecule has 102 valence electrons. The molecule has 2 heterocycles. The minimum atomic E-state index is 0.147. The maximum atomic E-state index is 6.01. The molecule has 0 spiro atoms. The topological polar surface area (TPSA) is 46.6 Å². The SMILES string of the molecule is CC(N)Cc1c(N(C)C2CCC2)nc2ccccn12. The summed E-state index contributed by atoms with van der Waals surface area (Å²) in [6.07, 6.45) is 6.84. The fourth-order valence-electron chi connectivity index (χ4n) is 2.76. The van der Waals surface area contributed by atoms with E-state index in [0.717, 1.165) is 17.9 Å². The third-order valence-corrected chi connectivity index (χ3v) is 4.08. The minimum Gasteiger partial charge on any atom is -0.355 e. The van der Waals surface area contributed by atoms with Gasteiger partial charge in [0, 0.05) is 31.7 Å². The Balaban J connectivity index is 2.05. The molecule has 2 aromatic heterocycles. The molecule has 1 aliphatic carbocycles. The lowest BCUT2D eigenvalue weighted by atomic mass is 9.92. The molecule has 0 radical (unpaired) electrons. The summed E-state index contributed by atoms with van der Waals surface area (Å²) in [6, 6.07) is 6.94. The number of pyridine rings is 1. The molecule has 0 aromatic carbocycles. The van der Waals surface area contributed by atoms with E-state index in [1.54, 1.807) is 0 Å². The maximum Gasteiger partial charge on any atom is 0.151 e. The Morgan fingerprint density at radius 1 is 1.47 bits per heavy atom. The molecule has 1 aliphatic rings. The van der Waals surface area contributed by atoms with Crippen LogP contribution in [0, 0.1) is 0 Å². The number of fused-ring (bicyclic) bond motifs is 1. The quantitative estimate of drug-likeness (QED) is 0.914. The minimum absolute atomic E-state index is 0.147. The van der Waals surface area contributed by atoms with E-state index < -0.39 is 0 Å². The highest BCUT2D eigenvalue weighted by Gasteiger charge is 2.26. The van der Waals surface area contributed by atoms with Crippen LogP contribution in [0.2, 0.25) is 0 Å². The van der Waals surface area contributed by atoms with Crippen LogP contribution in [0.5, 0.6) is 0 Å². The van der Waals surface area contributed by atoms with Crippen molar-refractivity contribution in [3.8, 4) is 0 Å². The maximum absolute atomic E-state index is 6.01. The van der Waals surface area contributed by atoms with Crippen LogP contribution in [-0.4, -0.2) is 28.5 Å². The molecule has 1 unspecified atom stereocenters. The van der Waals surface area contributed by atoms with Crippen molar-refractivity contribution >= 4 is 11.5 Å². The molecule has 1 fully saturated rings. The number of nitrogens with zero attached hydrogens (tertiary/aromatic N) is 3. The van der Waals surface area contributed by atoms with Crippen LogP contribution in [0.3, 0.4) is 0 Å². The van der Waals surface area contributed by atoms with E-state index in [-0.39, 0.29) is 6.04 Å². The van der Waals surface area contributed by atoms with Crippen molar-refractivity contribution in [3.05, 3.63) is 30.1 Å². The van der Waals surface area contributed by atoms with E-state index in [4.69, 9.17) is 10.7 Å². The average Bonchev–Trinajstić information content (AvgIpc) is 2.65. The summed E-state index contributed by atoms with van der Waals surface area (Å²) in [4.78, 5) is 7.14. The molecule has 0 saturated heterocycles. The number of aromatic nitrogens is 2. The van der Waals surface area contributed by atoms with Gasteiger partial charge in [-0.1, -0.05) is 6.07 Å². The Kier molecular flexibility index (Phi) is 3.19. The molecular formula is C15H22N4. The molecule has 4 heteroatoms. The third kappa shape index (κ3) is 2.21. The molecule has 4 nitrogen and oxygen atoms in total. The van der Waals surface area contributed by atoms with Crippen LogP contribution in [0.25, 0.3) is 5.65 Å². The highest BCUT2D eigenvalue weighted by Crippen LogP contribution is 2.30. The van der Waals surface area contributed by atoms with E-state index in [1.165, 1.54) is 25.0 Å². The van der Waals surface area contributed by atoms with Crippen molar-refractivity contribution in [1.82, 2.24) is 9.38 Å². The molecule has 3 rings (SSSR count). The van der Waals surface area contributed by atoms with Gasteiger partial charge in [-0.2, -0.15) is 0 Å². The second-order valence-corrected chi connectivity index (χ2v) is 5.69.